The van der Waals surface area contributed by atoms with Crippen molar-refractivity contribution in [3.63, 3.8) is 0 Å². The van der Waals surface area contributed by atoms with Crippen molar-refractivity contribution in [2.24, 2.45) is 0 Å². The SMILES string of the molecule is O=C(Cn1nc(-c2cccc(Br)c2)ccc1=O)Nc1cccc(F)c1. The van der Waals surface area contributed by atoms with Crippen molar-refractivity contribution in [3.05, 3.63) is 81.3 Å². The number of hydrogen-bond acceptors (Lipinski definition) is 3. The van der Waals surface area contributed by atoms with Gasteiger partial charge in [-0.25, -0.2) is 9.07 Å². The number of hydrogen-bond donors (Lipinski definition) is 1. The van der Waals surface area contributed by atoms with E-state index >= 15 is 0 Å². The van der Waals surface area contributed by atoms with E-state index in [4.69, 9.17) is 0 Å². The summed E-state index contributed by atoms with van der Waals surface area (Å²) < 4.78 is 15.1. The minimum Gasteiger partial charge on any atom is -0.324 e. The average Bonchev–Trinajstić information content (AvgIpc) is 2.57. The molecule has 5 nitrogen and oxygen atoms in total. The molecule has 1 amide bonds. The zero-order valence-corrected chi connectivity index (χ0v) is 14.5. The van der Waals surface area contributed by atoms with Crippen LogP contribution in [-0.4, -0.2) is 15.7 Å². The van der Waals surface area contributed by atoms with Gasteiger partial charge < -0.3 is 5.32 Å². The van der Waals surface area contributed by atoms with E-state index in [-0.39, 0.29) is 6.54 Å². The number of aromatic nitrogens is 2. The number of nitrogens with one attached hydrogen (secondary N) is 1. The van der Waals surface area contributed by atoms with Crippen LogP contribution in [0.1, 0.15) is 0 Å². The van der Waals surface area contributed by atoms with Gasteiger partial charge in [-0.3, -0.25) is 9.59 Å². The van der Waals surface area contributed by atoms with Crippen molar-refractivity contribution >= 4 is 27.5 Å². The van der Waals surface area contributed by atoms with Gasteiger partial charge >= 0.3 is 0 Å². The van der Waals surface area contributed by atoms with E-state index in [9.17, 15) is 14.0 Å². The predicted octanol–water partition coefficient (Wildman–Crippen LogP) is 3.45. The Morgan fingerprint density at radius 3 is 2.68 bits per heavy atom. The summed E-state index contributed by atoms with van der Waals surface area (Å²) in [6.45, 7) is -0.267. The number of amides is 1. The Kier molecular flexibility index (Phi) is 5.04. The molecule has 3 rings (SSSR count). The number of nitrogens with zero attached hydrogens (tertiary/aromatic N) is 2. The lowest BCUT2D eigenvalue weighted by atomic mass is 10.1. The van der Waals surface area contributed by atoms with Gasteiger partial charge in [-0.2, -0.15) is 5.10 Å². The van der Waals surface area contributed by atoms with Gasteiger partial charge in [-0.05, 0) is 36.4 Å². The summed E-state index contributed by atoms with van der Waals surface area (Å²) in [5.74, 6) is -0.920. The molecule has 0 fully saturated rings. The standard InChI is InChI=1S/C18H13BrFN3O2/c19-13-4-1-3-12(9-13)16-7-8-18(25)23(22-16)11-17(24)21-15-6-2-5-14(20)10-15/h1-10H,11H2,(H,21,24). The van der Waals surface area contributed by atoms with Gasteiger partial charge in [0.15, 0.2) is 0 Å². The van der Waals surface area contributed by atoms with Gasteiger partial charge in [0.2, 0.25) is 5.91 Å². The van der Waals surface area contributed by atoms with Crippen molar-refractivity contribution in [1.82, 2.24) is 9.78 Å². The van der Waals surface area contributed by atoms with Gasteiger partial charge in [-0.15, -0.1) is 0 Å². The lowest BCUT2D eigenvalue weighted by molar-refractivity contribution is -0.117. The fraction of sp³-hybridized carbons (Fsp3) is 0.0556. The highest BCUT2D eigenvalue weighted by Crippen LogP contribution is 2.20. The summed E-state index contributed by atoms with van der Waals surface area (Å²) in [6.07, 6.45) is 0. The Morgan fingerprint density at radius 1 is 1.12 bits per heavy atom. The number of anilines is 1. The first-order valence-corrected chi connectivity index (χ1v) is 8.20. The normalized spacial score (nSPS) is 10.5. The molecule has 0 aliphatic rings. The van der Waals surface area contributed by atoms with Gasteiger partial charge in [0.05, 0.1) is 5.69 Å². The van der Waals surface area contributed by atoms with Crippen LogP contribution in [0.4, 0.5) is 10.1 Å². The molecule has 0 radical (unpaired) electrons. The van der Waals surface area contributed by atoms with Crippen LogP contribution in [0.15, 0.2) is 69.9 Å². The summed E-state index contributed by atoms with van der Waals surface area (Å²) in [5.41, 5.74) is 1.31. The first-order valence-electron chi connectivity index (χ1n) is 7.41. The quantitative estimate of drug-likeness (QED) is 0.727. The molecule has 0 saturated carbocycles. The summed E-state index contributed by atoms with van der Waals surface area (Å²) in [4.78, 5) is 24.1. The molecule has 126 valence electrons. The van der Waals surface area contributed by atoms with Crippen molar-refractivity contribution in [3.8, 4) is 11.3 Å². The average molecular weight is 402 g/mol. The maximum Gasteiger partial charge on any atom is 0.267 e. The van der Waals surface area contributed by atoms with Crippen molar-refractivity contribution in [2.75, 3.05) is 5.32 Å². The van der Waals surface area contributed by atoms with Crippen molar-refractivity contribution in [1.29, 1.82) is 0 Å². The molecular formula is C18H13BrFN3O2. The Morgan fingerprint density at radius 2 is 1.92 bits per heavy atom. The number of benzene rings is 2. The van der Waals surface area contributed by atoms with Gasteiger partial charge in [-0.1, -0.05) is 34.1 Å². The second kappa shape index (κ2) is 7.40. The fourth-order valence-electron chi connectivity index (χ4n) is 2.27. The third-order valence-electron chi connectivity index (χ3n) is 3.39. The molecule has 0 aliphatic heterocycles. The first-order chi connectivity index (χ1) is 12.0. The van der Waals surface area contributed by atoms with Gasteiger partial charge in [0, 0.05) is 21.8 Å². The molecule has 1 aromatic heterocycles. The fourth-order valence-corrected chi connectivity index (χ4v) is 2.67. The number of carbonyl (C=O) groups excluding carboxylic acids is 1. The van der Waals surface area contributed by atoms with Crippen LogP contribution >= 0.6 is 15.9 Å². The second-order valence-corrected chi connectivity index (χ2v) is 6.20. The van der Waals surface area contributed by atoms with Crippen LogP contribution in [0.3, 0.4) is 0 Å². The molecule has 0 bridgehead atoms. The zero-order valence-electron chi connectivity index (χ0n) is 12.9. The lowest BCUT2D eigenvalue weighted by Crippen LogP contribution is -2.29. The van der Waals surface area contributed by atoms with Crippen LogP contribution in [0, 0.1) is 5.82 Å². The van der Waals surface area contributed by atoms with Crippen LogP contribution in [-0.2, 0) is 11.3 Å². The van der Waals surface area contributed by atoms with E-state index in [1.165, 1.54) is 24.3 Å². The number of halogens is 2. The molecule has 2 aromatic carbocycles. The third kappa shape index (κ3) is 4.39. The minimum absolute atomic E-state index is 0.267. The van der Waals surface area contributed by atoms with E-state index < -0.39 is 17.3 Å². The summed E-state index contributed by atoms with van der Waals surface area (Å²) in [6, 6.07) is 16.0. The Bertz CT molecular complexity index is 988. The van der Waals surface area contributed by atoms with Gasteiger partial charge in [0.1, 0.15) is 12.4 Å². The summed E-state index contributed by atoms with van der Waals surface area (Å²) in [7, 11) is 0. The van der Waals surface area contributed by atoms with Crippen LogP contribution in [0.2, 0.25) is 0 Å². The summed E-state index contributed by atoms with van der Waals surface area (Å²) in [5, 5.41) is 6.77. The molecule has 3 aromatic rings. The molecule has 25 heavy (non-hydrogen) atoms. The maximum atomic E-state index is 13.2. The minimum atomic E-state index is -0.466. The molecular weight excluding hydrogens is 389 g/mol. The summed E-state index contributed by atoms with van der Waals surface area (Å²) >= 11 is 3.38. The molecule has 1 heterocycles. The topological polar surface area (TPSA) is 64.0 Å². The molecule has 0 aliphatic carbocycles. The highest BCUT2D eigenvalue weighted by Gasteiger charge is 2.09. The van der Waals surface area contributed by atoms with Crippen LogP contribution < -0.4 is 10.9 Å². The smallest absolute Gasteiger partial charge is 0.267 e. The molecule has 1 N–H and O–H groups in total. The van der Waals surface area contributed by atoms with E-state index in [2.05, 4.69) is 26.3 Å². The number of rotatable bonds is 4. The molecule has 0 atom stereocenters. The van der Waals surface area contributed by atoms with E-state index in [1.807, 2.05) is 24.3 Å². The molecule has 0 unspecified atom stereocenters. The highest BCUT2D eigenvalue weighted by molar-refractivity contribution is 9.10. The van der Waals surface area contributed by atoms with E-state index in [0.29, 0.717) is 11.4 Å². The molecule has 7 heteroatoms. The largest absolute Gasteiger partial charge is 0.324 e. The Labute approximate surface area is 151 Å². The van der Waals surface area contributed by atoms with Crippen LogP contribution in [0.5, 0.6) is 0 Å². The predicted molar refractivity (Wildman–Crippen MR) is 96.7 cm³/mol. The number of carbonyl (C=O) groups is 1. The lowest BCUT2D eigenvalue weighted by Gasteiger charge is -2.08. The Hall–Kier alpha value is -2.80. The van der Waals surface area contributed by atoms with Crippen LogP contribution in [0.25, 0.3) is 11.3 Å². The Balaban J connectivity index is 1.81. The maximum absolute atomic E-state index is 13.2. The third-order valence-corrected chi connectivity index (χ3v) is 3.88. The van der Waals surface area contributed by atoms with Crippen molar-refractivity contribution < 1.29 is 9.18 Å². The van der Waals surface area contributed by atoms with E-state index in [0.717, 1.165) is 14.7 Å². The molecule has 0 saturated heterocycles. The highest BCUT2D eigenvalue weighted by atomic mass is 79.9. The van der Waals surface area contributed by atoms with Gasteiger partial charge in [0.25, 0.3) is 5.56 Å². The van der Waals surface area contributed by atoms with E-state index in [1.54, 1.807) is 12.1 Å². The molecule has 0 spiro atoms. The van der Waals surface area contributed by atoms with Crippen molar-refractivity contribution in [2.45, 2.75) is 6.54 Å². The zero-order chi connectivity index (χ0) is 17.8. The first kappa shape index (κ1) is 17.0. The monoisotopic (exact) mass is 401 g/mol. The second-order valence-electron chi connectivity index (χ2n) is 5.28.